The summed E-state index contributed by atoms with van der Waals surface area (Å²) < 4.78 is 5.59. The molecule has 2 N–H and O–H groups in total. The molecule has 0 aromatic heterocycles. The Bertz CT molecular complexity index is 330. The van der Waals surface area contributed by atoms with Gasteiger partial charge in [-0.25, -0.2) is 0 Å². The lowest BCUT2D eigenvalue weighted by molar-refractivity contribution is -0.142. The summed E-state index contributed by atoms with van der Waals surface area (Å²) in [4.78, 5) is 22.8. The summed E-state index contributed by atoms with van der Waals surface area (Å²) in [6.45, 7) is 6.68. The van der Waals surface area contributed by atoms with Gasteiger partial charge in [-0.05, 0) is 32.1 Å². The van der Waals surface area contributed by atoms with E-state index in [0.717, 1.165) is 19.3 Å². The zero-order valence-electron chi connectivity index (χ0n) is 12.7. The van der Waals surface area contributed by atoms with Gasteiger partial charge in [0.1, 0.15) is 0 Å². The fourth-order valence-electron chi connectivity index (χ4n) is 2.79. The Labute approximate surface area is 121 Å². The molecule has 0 aliphatic heterocycles. The van der Waals surface area contributed by atoms with Crippen molar-refractivity contribution in [1.29, 1.82) is 0 Å². The molecule has 1 aliphatic rings. The third kappa shape index (κ3) is 5.90. The van der Waals surface area contributed by atoms with Crippen LogP contribution in [0.25, 0.3) is 0 Å². The van der Waals surface area contributed by atoms with Gasteiger partial charge in [-0.15, -0.1) is 0 Å². The lowest BCUT2D eigenvalue weighted by Crippen LogP contribution is -2.40. The van der Waals surface area contributed by atoms with Gasteiger partial charge in [0, 0.05) is 12.5 Å². The first-order chi connectivity index (χ1) is 9.40. The minimum absolute atomic E-state index is 0.111. The van der Waals surface area contributed by atoms with Gasteiger partial charge in [0.05, 0.1) is 18.6 Å². The first-order valence-corrected chi connectivity index (χ1v) is 7.54. The molecule has 0 bridgehead atoms. The summed E-state index contributed by atoms with van der Waals surface area (Å²) in [7, 11) is 0. The van der Waals surface area contributed by atoms with Crippen LogP contribution in [0, 0.1) is 11.8 Å². The van der Waals surface area contributed by atoms with Crippen LogP contribution in [0.1, 0.15) is 52.9 Å². The number of carboxylic acids is 1. The monoisotopic (exact) mass is 285 g/mol. The molecule has 0 aromatic carbocycles. The third-order valence-electron chi connectivity index (χ3n) is 3.71. The van der Waals surface area contributed by atoms with Crippen molar-refractivity contribution in [2.45, 2.75) is 65.0 Å². The number of hydrogen-bond donors (Lipinski definition) is 2. The van der Waals surface area contributed by atoms with Gasteiger partial charge in [-0.2, -0.15) is 0 Å². The average molecular weight is 285 g/mol. The molecule has 116 valence electrons. The summed E-state index contributed by atoms with van der Waals surface area (Å²) in [5.74, 6) is -0.775. The molecular formula is C15H27NO4. The number of aliphatic carboxylic acids is 1. The second kappa shape index (κ2) is 8.25. The van der Waals surface area contributed by atoms with E-state index < -0.39 is 11.9 Å². The Morgan fingerprint density at radius 3 is 2.60 bits per heavy atom. The van der Waals surface area contributed by atoms with Crippen LogP contribution in [-0.2, 0) is 14.3 Å². The molecule has 20 heavy (non-hydrogen) atoms. The van der Waals surface area contributed by atoms with E-state index in [0.29, 0.717) is 25.4 Å². The number of carbonyl (C=O) groups is 2. The van der Waals surface area contributed by atoms with Crippen molar-refractivity contribution in [3.05, 3.63) is 0 Å². The van der Waals surface area contributed by atoms with Gasteiger partial charge in [0.25, 0.3) is 0 Å². The van der Waals surface area contributed by atoms with Crippen molar-refractivity contribution in [3.63, 3.8) is 0 Å². The number of ether oxygens (including phenoxy) is 1. The maximum absolute atomic E-state index is 11.8. The van der Waals surface area contributed by atoms with Gasteiger partial charge >= 0.3 is 5.97 Å². The van der Waals surface area contributed by atoms with E-state index >= 15 is 0 Å². The van der Waals surface area contributed by atoms with Crippen molar-refractivity contribution < 1.29 is 19.4 Å². The lowest BCUT2D eigenvalue weighted by atomic mass is 10.0. The first kappa shape index (κ1) is 17.0. The highest BCUT2D eigenvalue weighted by Crippen LogP contribution is 2.25. The van der Waals surface area contributed by atoms with E-state index in [1.807, 2.05) is 6.92 Å². The topological polar surface area (TPSA) is 75.6 Å². The Morgan fingerprint density at radius 2 is 2.00 bits per heavy atom. The maximum atomic E-state index is 11.8. The third-order valence-corrected chi connectivity index (χ3v) is 3.71. The van der Waals surface area contributed by atoms with Crippen LogP contribution in [0.15, 0.2) is 0 Å². The standard InChI is InChI=1S/C15H27NO4/c1-10(2)9-11(3)20-8-7-14(17)16-13-6-4-5-12(13)15(18)19/h10-13H,4-9H2,1-3H3,(H,16,17)(H,18,19)/t11?,12-,13+/m0/s1. The number of nitrogens with one attached hydrogen (secondary N) is 1. The summed E-state index contributed by atoms with van der Waals surface area (Å²) in [5, 5.41) is 11.9. The van der Waals surface area contributed by atoms with Crippen LogP contribution in [0.3, 0.4) is 0 Å². The molecule has 1 aliphatic carbocycles. The van der Waals surface area contributed by atoms with Crippen molar-refractivity contribution in [3.8, 4) is 0 Å². The van der Waals surface area contributed by atoms with Crippen molar-refractivity contribution in [1.82, 2.24) is 5.32 Å². The Kier molecular flexibility index (Phi) is 6.99. The molecule has 1 saturated carbocycles. The molecule has 0 spiro atoms. The molecule has 1 unspecified atom stereocenters. The van der Waals surface area contributed by atoms with E-state index in [-0.39, 0.29) is 18.1 Å². The Hall–Kier alpha value is -1.10. The van der Waals surface area contributed by atoms with E-state index in [4.69, 9.17) is 9.84 Å². The highest BCUT2D eigenvalue weighted by molar-refractivity contribution is 5.78. The number of hydrogen-bond acceptors (Lipinski definition) is 3. The van der Waals surface area contributed by atoms with Crippen LogP contribution < -0.4 is 5.32 Å². The quantitative estimate of drug-likeness (QED) is 0.717. The summed E-state index contributed by atoms with van der Waals surface area (Å²) in [6, 6.07) is -0.215. The van der Waals surface area contributed by atoms with Crippen LogP contribution in [0.5, 0.6) is 0 Å². The van der Waals surface area contributed by atoms with E-state index in [9.17, 15) is 9.59 Å². The van der Waals surface area contributed by atoms with Crippen LogP contribution in [-0.4, -0.2) is 35.7 Å². The molecule has 0 saturated heterocycles. The highest BCUT2D eigenvalue weighted by atomic mass is 16.5. The predicted octanol–water partition coefficient (Wildman–Crippen LogP) is 2.20. The number of rotatable bonds is 8. The zero-order valence-corrected chi connectivity index (χ0v) is 12.7. The second-order valence-corrected chi connectivity index (χ2v) is 6.11. The van der Waals surface area contributed by atoms with E-state index in [1.165, 1.54) is 0 Å². The highest BCUT2D eigenvalue weighted by Gasteiger charge is 2.33. The molecule has 3 atom stereocenters. The van der Waals surface area contributed by atoms with E-state index in [2.05, 4.69) is 19.2 Å². The van der Waals surface area contributed by atoms with Crippen molar-refractivity contribution in [2.24, 2.45) is 11.8 Å². The molecule has 5 nitrogen and oxygen atoms in total. The first-order valence-electron chi connectivity index (χ1n) is 7.54. The molecule has 1 fully saturated rings. The normalized spacial score (nSPS) is 23.8. The van der Waals surface area contributed by atoms with Crippen LogP contribution in [0.4, 0.5) is 0 Å². The number of carboxylic acid groups (broad SMARTS) is 1. The largest absolute Gasteiger partial charge is 0.481 e. The molecule has 5 heteroatoms. The molecule has 1 rings (SSSR count). The van der Waals surface area contributed by atoms with Crippen molar-refractivity contribution >= 4 is 11.9 Å². The summed E-state index contributed by atoms with van der Waals surface area (Å²) >= 11 is 0. The minimum atomic E-state index is -0.811. The van der Waals surface area contributed by atoms with Gasteiger partial charge in [0.2, 0.25) is 5.91 Å². The Morgan fingerprint density at radius 1 is 1.30 bits per heavy atom. The van der Waals surface area contributed by atoms with Crippen LogP contribution >= 0.6 is 0 Å². The number of carbonyl (C=O) groups excluding carboxylic acids is 1. The van der Waals surface area contributed by atoms with Gasteiger partial charge in [-0.3, -0.25) is 9.59 Å². The van der Waals surface area contributed by atoms with Gasteiger partial charge < -0.3 is 15.2 Å². The van der Waals surface area contributed by atoms with Gasteiger partial charge in [-0.1, -0.05) is 20.3 Å². The Balaban J connectivity index is 2.22. The smallest absolute Gasteiger partial charge is 0.308 e. The summed E-state index contributed by atoms with van der Waals surface area (Å²) in [6.07, 6.45) is 3.71. The second-order valence-electron chi connectivity index (χ2n) is 6.11. The molecule has 0 heterocycles. The molecule has 0 radical (unpaired) electrons. The number of amides is 1. The maximum Gasteiger partial charge on any atom is 0.308 e. The zero-order chi connectivity index (χ0) is 15.1. The molecule has 0 aromatic rings. The van der Waals surface area contributed by atoms with Crippen LogP contribution in [0.2, 0.25) is 0 Å². The fraction of sp³-hybridized carbons (Fsp3) is 0.867. The summed E-state index contributed by atoms with van der Waals surface area (Å²) in [5.41, 5.74) is 0. The predicted molar refractivity (Wildman–Crippen MR) is 76.4 cm³/mol. The average Bonchev–Trinajstić information content (AvgIpc) is 2.75. The molecular weight excluding hydrogens is 258 g/mol. The lowest BCUT2D eigenvalue weighted by Gasteiger charge is -2.18. The van der Waals surface area contributed by atoms with E-state index in [1.54, 1.807) is 0 Å². The SMILES string of the molecule is CC(C)CC(C)OCCC(=O)N[C@@H]1CCC[C@@H]1C(=O)O. The van der Waals surface area contributed by atoms with Gasteiger partial charge in [0.15, 0.2) is 0 Å². The molecule has 1 amide bonds. The fourth-order valence-corrected chi connectivity index (χ4v) is 2.79. The van der Waals surface area contributed by atoms with Crippen molar-refractivity contribution in [2.75, 3.05) is 6.61 Å². The minimum Gasteiger partial charge on any atom is -0.481 e.